The molecule has 0 saturated carbocycles. The lowest BCUT2D eigenvalue weighted by Crippen LogP contribution is -2.30. The van der Waals surface area contributed by atoms with Crippen LogP contribution in [0.4, 0.5) is 0 Å². The molecule has 2 rings (SSSR count). The van der Waals surface area contributed by atoms with Gasteiger partial charge in [-0.15, -0.1) is 0 Å². The number of hydrogen-bond acceptors (Lipinski definition) is 3. The normalized spacial score (nSPS) is 34.2. The van der Waals surface area contributed by atoms with Crippen molar-refractivity contribution in [3.8, 4) is 0 Å². The summed E-state index contributed by atoms with van der Waals surface area (Å²) < 4.78 is 0. The topological polar surface area (TPSA) is 55.2 Å². The zero-order valence-corrected chi connectivity index (χ0v) is 6.82. The third-order valence-electron chi connectivity index (χ3n) is 2.81. The SMILES string of the molecule is O=[N+]([O-])C1=CC[C@H]2CCN[C@H]2C1. The average molecular weight is 168 g/mol. The van der Waals surface area contributed by atoms with Crippen molar-refractivity contribution >= 4 is 0 Å². The standard InChI is InChI=1S/C8H12N2O2/c11-10(12)7-2-1-6-3-4-9-8(6)5-7/h2,6,8-9H,1,3-5H2/t6-,8-/m0/s1. The van der Waals surface area contributed by atoms with Crippen molar-refractivity contribution < 1.29 is 4.92 Å². The quantitative estimate of drug-likeness (QED) is 0.468. The minimum Gasteiger partial charge on any atom is -0.313 e. The number of hydrogen-bond donors (Lipinski definition) is 1. The first-order valence-electron chi connectivity index (χ1n) is 4.34. The molecular weight excluding hydrogens is 156 g/mol. The van der Waals surface area contributed by atoms with Crippen LogP contribution in [0.3, 0.4) is 0 Å². The Morgan fingerprint density at radius 2 is 2.50 bits per heavy atom. The maximum Gasteiger partial charge on any atom is 0.243 e. The fraction of sp³-hybridized carbons (Fsp3) is 0.750. The summed E-state index contributed by atoms with van der Waals surface area (Å²) in [5.41, 5.74) is 0.394. The summed E-state index contributed by atoms with van der Waals surface area (Å²) in [6, 6.07) is 0.371. The molecule has 0 radical (unpaired) electrons. The van der Waals surface area contributed by atoms with Gasteiger partial charge in [0, 0.05) is 6.04 Å². The summed E-state index contributed by atoms with van der Waals surface area (Å²) >= 11 is 0. The highest BCUT2D eigenvalue weighted by Crippen LogP contribution is 2.29. The van der Waals surface area contributed by atoms with Crippen LogP contribution < -0.4 is 5.32 Å². The summed E-state index contributed by atoms with van der Waals surface area (Å²) in [7, 11) is 0. The van der Waals surface area contributed by atoms with E-state index in [2.05, 4.69) is 5.32 Å². The molecule has 66 valence electrons. The fourth-order valence-corrected chi connectivity index (χ4v) is 2.09. The zero-order valence-electron chi connectivity index (χ0n) is 6.82. The van der Waals surface area contributed by atoms with Crippen LogP contribution in [0.5, 0.6) is 0 Å². The largest absolute Gasteiger partial charge is 0.313 e. The number of nitrogens with zero attached hydrogens (tertiary/aromatic N) is 1. The molecule has 4 nitrogen and oxygen atoms in total. The second-order valence-corrected chi connectivity index (χ2v) is 3.50. The van der Waals surface area contributed by atoms with E-state index in [9.17, 15) is 10.1 Å². The zero-order chi connectivity index (χ0) is 8.55. The number of nitrogens with one attached hydrogen (secondary N) is 1. The second-order valence-electron chi connectivity index (χ2n) is 3.50. The van der Waals surface area contributed by atoms with E-state index in [1.165, 1.54) is 6.42 Å². The van der Waals surface area contributed by atoms with Gasteiger partial charge in [-0.1, -0.05) is 0 Å². The first-order valence-corrected chi connectivity index (χ1v) is 4.34. The Kier molecular flexibility index (Phi) is 1.84. The fourth-order valence-electron chi connectivity index (χ4n) is 2.09. The molecule has 0 aromatic heterocycles. The van der Waals surface area contributed by atoms with Crippen LogP contribution in [-0.4, -0.2) is 17.5 Å². The number of rotatable bonds is 1. The first-order chi connectivity index (χ1) is 5.77. The van der Waals surface area contributed by atoms with Crippen molar-refractivity contribution in [1.82, 2.24) is 5.32 Å². The molecule has 1 N–H and O–H groups in total. The Balaban J connectivity index is 2.09. The maximum atomic E-state index is 10.5. The Morgan fingerprint density at radius 3 is 3.25 bits per heavy atom. The highest BCUT2D eigenvalue weighted by atomic mass is 16.6. The van der Waals surface area contributed by atoms with Gasteiger partial charge in [-0.25, -0.2) is 0 Å². The van der Waals surface area contributed by atoms with Crippen molar-refractivity contribution in [2.24, 2.45) is 5.92 Å². The predicted octanol–water partition coefficient (Wildman–Crippen LogP) is 0.919. The summed E-state index contributed by atoms with van der Waals surface area (Å²) in [5, 5.41) is 13.8. The monoisotopic (exact) mass is 168 g/mol. The molecule has 2 aliphatic rings. The van der Waals surface area contributed by atoms with Crippen LogP contribution in [0.15, 0.2) is 11.8 Å². The van der Waals surface area contributed by atoms with E-state index >= 15 is 0 Å². The van der Waals surface area contributed by atoms with Crippen LogP contribution >= 0.6 is 0 Å². The van der Waals surface area contributed by atoms with Gasteiger partial charge in [0.25, 0.3) is 0 Å². The van der Waals surface area contributed by atoms with E-state index in [1.807, 2.05) is 0 Å². The molecule has 0 unspecified atom stereocenters. The number of fused-ring (bicyclic) bond motifs is 1. The van der Waals surface area contributed by atoms with Crippen LogP contribution in [-0.2, 0) is 0 Å². The molecule has 1 aliphatic heterocycles. The van der Waals surface area contributed by atoms with E-state index in [-0.39, 0.29) is 4.92 Å². The van der Waals surface area contributed by atoms with Gasteiger partial charge in [0.1, 0.15) is 0 Å². The van der Waals surface area contributed by atoms with Gasteiger partial charge in [0.05, 0.1) is 11.3 Å². The minimum atomic E-state index is -0.254. The van der Waals surface area contributed by atoms with E-state index in [4.69, 9.17) is 0 Å². The molecule has 1 heterocycles. The van der Waals surface area contributed by atoms with Gasteiger partial charge in [0.15, 0.2) is 0 Å². The van der Waals surface area contributed by atoms with Crippen molar-refractivity contribution in [3.05, 3.63) is 21.9 Å². The Labute approximate surface area is 70.8 Å². The number of allylic oxidation sites excluding steroid dienone is 1. The van der Waals surface area contributed by atoms with Crippen molar-refractivity contribution in [2.45, 2.75) is 25.3 Å². The van der Waals surface area contributed by atoms with Crippen molar-refractivity contribution in [1.29, 1.82) is 0 Å². The molecule has 0 aromatic carbocycles. The second kappa shape index (κ2) is 2.86. The van der Waals surface area contributed by atoms with E-state index in [0.29, 0.717) is 24.1 Å². The van der Waals surface area contributed by atoms with Crippen LogP contribution in [0, 0.1) is 16.0 Å². The lowest BCUT2D eigenvalue weighted by molar-refractivity contribution is -0.429. The summed E-state index contributed by atoms with van der Waals surface area (Å²) in [6.45, 7) is 1.02. The van der Waals surface area contributed by atoms with Crippen molar-refractivity contribution in [3.63, 3.8) is 0 Å². The third kappa shape index (κ3) is 1.22. The third-order valence-corrected chi connectivity index (χ3v) is 2.81. The molecule has 1 fully saturated rings. The molecule has 12 heavy (non-hydrogen) atoms. The summed E-state index contributed by atoms with van der Waals surface area (Å²) in [4.78, 5) is 10.2. The van der Waals surface area contributed by atoms with Gasteiger partial charge in [-0.3, -0.25) is 10.1 Å². The Bertz CT molecular complexity index is 237. The lowest BCUT2D eigenvalue weighted by atomic mass is 9.88. The molecule has 0 spiro atoms. The highest BCUT2D eigenvalue weighted by Gasteiger charge is 2.33. The van der Waals surface area contributed by atoms with Gasteiger partial charge in [-0.2, -0.15) is 0 Å². The molecule has 1 saturated heterocycles. The first kappa shape index (κ1) is 7.73. The minimum absolute atomic E-state index is 0.254. The van der Waals surface area contributed by atoms with E-state index < -0.39 is 0 Å². The van der Waals surface area contributed by atoms with Gasteiger partial charge < -0.3 is 5.32 Å². The maximum absolute atomic E-state index is 10.5. The predicted molar refractivity (Wildman–Crippen MR) is 44.2 cm³/mol. The molecule has 0 amide bonds. The smallest absolute Gasteiger partial charge is 0.243 e. The van der Waals surface area contributed by atoms with Gasteiger partial charge >= 0.3 is 0 Å². The summed E-state index contributed by atoms with van der Waals surface area (Å²) in [6.07, 6.45) is 4.45. The van der Waals surface area contributed by atoms with Gasteiger partial charge in [0.2, 0.25) is 5.70 Å². The van der Waals surface area contributed by atoms with Crippen LogP contribution in [0.1, 0.15) is 19.3 Å². The van der Waals surface area contributed by atoms with E-state index in [1.54, 1.807) is 6.08 Å². The molecule has 0 aromatic rings. The van der Waals surface area contributed by atoms with Crippen LogP contribution in [0.2, 0.25) is 0 Å². The van der Waals surface area contributed by atoms with E-state index in [0.717, 1.165) is 13.0 Å². The number of nitro groups is 1. The van der Waals surface area contributed by atoms with Gasteiger partial charge in [-0.05, 0) is 31.4 Å². The molecule has 4 heteroatoms. The Morgan fingerprint density at radius 1 is 1.67 bits per heavy atom. The highest BCUT2D eigenvalue weighted by molar-refractivity contribution is 5.05. The lowest BCUT2D eigenvalue weighted by Gasteiger charge is -2.20. The average Bonchev–Trinajstić information content (AvgIpc) is 2.49. The molecular formula is C8H12N2O2. The molecule has 1 aliphatic carbocycles. The van der Waals surface area contributed by atoms with Crippen LogP contribution in [0.25, 0.3) is 0 Å². The Hall–Kier alpha value is -0.900. The summed E-state index contributed by atoms with van der Waals surface area (Å²) in [5.74, 6) is 0.647. The molecule has 2 atom stereocenters. The molecule has 0 bridgehead atoms. The van der Waals surface area contributed by atoms with Crippen molar-refractivity contribution in [2.75, 3.05) is 6.54 Å².